The molecule has 6 nitrogen and oxygen atoms in total. The monoisotopic (exact) mass is 405 g/mol. The van der Waals surface area contributed by atoms with Gasteiger partial charge in [-0.2, -0.15) is 0 Å². The third kappa shape index (κ3) is 3.63. The van der Waals surface area contributed by atoms with Gasteiger partial charge in [-0.25, -0.2) is 4.90 Å². The topological polar surface area (TPSA) is 60.9 Å². The minimum absolute atomic E-state index is 0.0594. The molecular weight excluding hydrogens is 378 g/mol. The van der Waals surface area contributed by atoms with E-state index in [0.717, 1.165) is 43.0 Å². The summed E-state index contributed by atoms with van der Waals surface area (Å²) in [5, 5.41) is 0. The van der Waals surface area contributed by atoms with Gasteiger partial charge in [0.25, 0.3) is 5.91 Å². The van der Waals surface area contributed by atoms with Gasteiger partial charge < -0.3 is 4.90 Å². The lowest BCUT2D eigenvalue weighted by molar-refractivity contribution is -0.123. The predicted octanol–water partition coefficient (Wildman–Crippen LogP) is 2.96. The SMILES string of the molecule is CC(=O)c1ccc(N2CCN(C3CC(=O)N(c4cccc(C)c4C)C3=O)CC2)cc1. The van der Waals surface area contributed by atoms with Crippen LogP contribution in [0.15, 0.2) is 42.5 Å². The number of anilines is 2. The van der Waals surface area contributed by atoms with Crippen molar-refractivity contribution >= 4 is 29.0 Å². The van der Waals surface area contributed by atoms with Crippen molar-refractivity contribution in [3.63, 3.8) is 0 Å². The molecule has 0 radical (unpaired) electrons. The quantitative estimate of drug-likeness (QED) is 0.578. The fourth-order valence-corrected chi connectivity index (χ4v) is 4.33. The molecule has 0 saturated carbocycles. The molecule has 0 aromatic heterocycles. The number of ketones is 1. The van der Waals surface area contributed by atoms with Crippen molar-refractivity contribution in [3.05, 3.63) is 59.2 Å². The number of piperazine rings is 1. The van der Waals surface area contributed by atoms with Crippen molar-refractivity contribution in [2.75, 3.05) is 36.0 Å². The maximum atomic E-state index is 13.1. The normalized spacial score (nSPS) is 20.2. The van der Waals surface area contributed by atoms with E-state index in [0.29, 0.717) is 11.3 Å². The first kappa shape index (κ1) is 20.3. The Morgan fingerprint density at radius 1 is 0.933 bits per heavy atom. The van der Waals surface area contributed by atoms with E-state index < -0.39 is 0 Å². The maximum Gasteiger partial charge on any atom is 0.251 e. The van der Waals surface area contributed by atoms with Gasteiger partial charge in [-0.1, -0.05) is 12.1 Å². The minimum atomic E-state index is -0.389. The molecule has 0 N–H and O–H groups in total. The average Bonchev–Trinajstić information content (AvgIpc) is 3.04. The van der Waals surface area contributed by atoms with Crippen LogP contribution >= 0.6 is 0 Å². The summed E-state index contributed by atoms with van der Waals surface area (Å²) in [6, 6.07) is 13.0. The van der Waals surface area contributed by atoms with Crippen LogP contribution in [0.4, 0.5) is 11.4 Å². The molecular formula is C24H27N3O3. The zero-order valence-electron chi connectivity index (χ0n) is 17.7. The molecule has 2 aliphatic rings. The highest BCUT2D eigenvalue weighted by Gasteiger charge is 2.43. The molecule has 2 amide bonds. The molecule has 30 heavy (non-hydrogen) atoms. The van der Waals surface area contributed by atoms with E-state index in [9.17, 15) is 14.4 Å². The summed E-state index contributed by atoms with van der Waals surface area (Å²) in [7, 11) is 0. The summed E-state index contributed by atoms with van der Waals surface area (Å²) in [6.45, 7) is 8.51. The molecule has 2 aliphatic heterocycles. The highest BCUT2D eigenvalue weighted by Crippen LogP contribution is 2.30. The summed E-state index contributed by atoms with van der Waals surface area (Å²) in [5.74, 6) is -0.182. The Morgan fingerprint density at radius 3 is 2.23 bits per heavy atom. The number of hydrogen-bond donors (Lipinski definition) is 0. The smallest absolute Gasteiger partial charge is 0.251 e. The fraction of sp³-hybridized carbons (Fsp3) is 0.375. The second-order valence-corrected chi connectivity index (χ2v) is 8.13. The van der Waals surface area contributed by atoms with Crippen LogP contribution in [-0.4, -0.2) is 54.7 Å². The van der Waals surface area contributed by atoms with Crippen molar-refractivity contribution in [1.82, 2.24) is 4.90 Å². The van der Waals surface area contributed by atoms with Gasteiger partial charge >= 0.3 is 0 Å². The van der Waals surface area contributed by atoms with Gasteiger partial charge in [0.15, 0.2) is 5.78 Å². The van der Waals surface area contributed by atoms with Crippen molar-refractivity contribution in [2.45, 2.75) is 33.2 Å². The number of nitrogens with zero attached hydrogens (tertiary/aromatic N) is 3. The number of carbonyl (C=O) groups is 3. The molecule has 2 fully saturated rings. The van der Waals surface area contributed by atoms with Crippen molar-refractivity contribution in [2.24, 2.45) is 0 Å². The highest BCUT2D eigenvalue weighted by atomic mass is 16.2. The summed E-state index contributed by atoms with van der Waals surface area (Å²) in [5.41, 5.74) is 4.53. The lowest BCUT2D eigenvalue weighted by Gasteiger charge is -2.38. The van der Waals surface area contributed by atoms with Crippen molar-refractivity contribution in [3.8, 4) is 0 Å². The first-order valence-electron chi connectivity index (χ1n) is 10.4. The Hall–Kier alpha value is -2.99. The van der Waals surface area contributed by atoms with Gasteiger partial charge in [0.2, 0.25) is 5.91 Å². The van der Waals surface area contributed by atoms with Gasteiger partial charge in [0.1, 0.15) is 0 Å². The molecule has 6 heteroatoms. The Morgan fingerprint density at radius 2 is 1.60 bits per heavy atom. The Kier molecular flexibility index (Phi) is 5.43. The number of aryl methyl sites for hydroxylation is 1. The van der Waals surface area contributed by atoms with E-state index in [-0.39, 0.29) is 30.1 Å². The zero-order valence-corrected chi connectivity index (χ0v) is 17.7. The second kappa shape index (κ2) is 8.03. The molecule has 156 valence electrons. The van der Waals surface area contributed by atoms with Crippen molar-refractivity contribution in [1.29, 1.82) is 0 Å². The number of Topliss-reactive ketones (excluding diaryl/α,β-unsaturated/α-hetero) is 1. The predicted molar refractivity (Wildman–Crippen MR) is 117 cm³/mol. The standard InChI is InChI=1S/C24H27N3O3/c1-16-5-4-6-21(17(16)2)27-23(29)15-22(24(27)30)26-13-11-25(12-14-26)20-9-7-19(8-10-20)18(3)28/h4-10,22H,11-15H2,1-3H3. The molecule has 1 atom stereocenters. The zero-order chi connectivity index (χ0) is 21.4. The van der Waals surface area contributed by atoms with Gasteiger partial charge in [-0.05, 0) is 62.2 Å². The molecule has 0 bridgehead atoms. The third-order valence-electron chi connectivity index (χ3n) is 6.33. The van der Waals surface area contributed by atoms with Crippen LogP contribution in [0.1, 0.15) is 34.8 Å². The molecule has 1 unspecified atom stereocenters. The summed E-state index contributed by atoms with van der Waals surface area (Å²) >= 11 is 0. The maximum absolute atomic E-state index is 13.1. The third-order valence-corrected chi connectivity index (χ3v) is 6.33. The lowest BCUT2D eigenvalue weighted by Crippen LogP contribution is -2.52. The van der Waals surface area contributed by atoms with E-state index in [1.807, 2.05) is 56.3 Å². The number of carbonyl (C=O) groups excluding carboxylic acids is 3. The first-order valence-corrected chi connectivity index (χ1v) is 10.4. The number of rotatable bonds is 4. The van der Waals surface area contributed by atoms with Gasteiger partial charge in [0, 0.05) is 37.4 Å². The van der Waals surface area contributed by atoms with Crippen LogP contribution in [0.3, 0.4) is 0 Å². The number of benzene rings is 2. The minimum Gasteiger partial charge on any atom is -0.369 e. The van der Waals surface area contributed by atoms with E-state index >= 15 is 0 Å². The van der Waals surface area contributed by atoms with E-state index in [4.69, 9.17) is 0 Å². The number of imide groups is 1. The lowest BCUT2D eigenvalue weighted by atomic mass is 10.1. The summed E-state index contributed by atoms with van der Waals surface area (Å²) < 4.78 is 0. The summed E-state index contributed by atoms with van der Waals surface area (Å²) in [4.78, 5) is 43.1. The molecule has 2 saturated heterocycles. The van der Waals surface area contributed by atoms with Crippen molar-refractivity contribution < 1.29 is 14.4 Å². The van der Waals surface area contributed by atoms with Crippen LogP contribution in [-0.2, 0) is 9.59 Å². The van der Waals surface area contributed by atoms with Crippen LogP contribution in [0.2, 0.25) is 0 Å². The average molecular weight is 405 g/mol. The van der Waals surface area contributed by atoms with E-state index in [1.165, 1.54) is 4.90 Å². The highest BCUT2D eigenvalue weighted by molar-refractivity contribution is 6.22. The van der Waals surface area contributed by atoms with Crippen LogP contribution in [0, 0.1) is 13.8 Å². The summed E-state index contributed by atoms with van der Waals surface area (Å²) in [6.07, 6.45) is 0.236. The largest absolute Gasteiger partial charge is 0.369 e. The second-order valence-electron chi connectivity index (χ2n) is 8.13. The molecule has 2 aromatic rings. The van der Waals surface area contributed by atoms with Gasteiger partial charge in [-0.3, -0.25) is 19.3 Å². The Bertz CT molecular complexity index is 991. The Balaban J connectivity index is 1.44. The molecule has 2 aromatic carbocycles. The van der Waals surface area contributed by atoms with Crippen LogP contribution in [0.25, 0.3) is 0 Å². The van der Waals surface area contributed by atoms with E-state index in [2.05, 4.69) is 9.80 Å². The number of hydrogen-bond acceptors (Lipinski definition) is 5. The first-order chi connectivity index (χ1) is 14.4. The fourth-order valence-electron chi connectivity index (χ4n) is 4.33. The van der Waals surface area contributed by atoms with Gasteiger partial charge in [-0.15, -0.1) is 0 Å². The molecule has 0 aliphatic carbocycles. The molecule has 2 heterocycles. The molecule has 4 rings (SSSR count). The molecule has 0 spiro atoms. The van der Waals surface area contributed by atoms with Crippen LogP contribution in [0.5, 0.6) is 0 Å². The van der Waals surface area contributed by atoms with E-state index in [1.54, 1.807) is 6.92 Å². The van der Waals surface area contributed by atoms with Gasteiger partial charge in [0.05, 0.1) is 18.2 Å². The van der Waals surface area contributed by atoms with Crippen LogP contribution < -0.4 is 9.80 Å². The Labute approximate surface area is 177 Å². The number of amides is 2.